The largest absolute Gasteiger partial charge is 0.479 e. The third-order valence-corrected chi connectivity index (χ3v) is 3.58. The Hall–Kier alpha value is -1.51. The molecule has 1 unspecified atom stereocenters. The van der Waals surface area contributed by atoms with Gasteiger partial charge in [0.2, 0.25) is 10.0 Å². The topological polar surface area (TPSA) is 92.7 Å². The van der Waals surface area contributed by atoms with Crippen LogP contribution in [-0.2, 0) is 19.6 Å². The normalized spacial score (nSPS) is 13.2. The molecule has 1 atom stereocenters. The van der Waals surface area contributed by atoms with Gasteiger partial charge in [-0.1, -0.05) is 0 Å². The molecule has 0 aliphatic rings. The second-order valence-electron chi connectivity index (χ2n) is 3.37. The van der Waals surface area contributed by atoms with Crippen molar-refractivity contribution < 1.29 is 27.4 Å². The van der Waals surface area contributed by atoms with Crippen molar-refractivity contribution in [2.75, 3.05) is 13.7 Å². The Kier molecular flexibility index (Phi) is 4.76. The Morgan fingerprint density at radius 1 is 1.44 bits per heavy atom. The maximum atomic E-state index is 12.6. The van der Waals surface area contributed by atoms with Crippen LogP contribution in [0.25, 0.3) is 0 Å². The molecule has 0 saturated carbocycles. The summed E-state index contributed by atoms with van der Waals surface area (Å²) in [6.45, 7) is -0.411. The number of ether oxygens (including phenoxy) is 1. The van der Waals surface area contributed by atoms with E-state index in [1.807, 2.05) is 0 Å². The van der Waals surface area contributed by atoms with Crippen LogP contribution in [-0.4, -0.2) is 39.3 Å². The minimum atomic E-state index is -3.88. The van der Waals surface area contributed by atoms with E-state index < -0.39 is 34.5 Å². The molecule has 100 valence electrons. The summed E-state index contributed by atoms with van der Waals surface area (Å²) >= 11 is 0. The molecule has 1 rings (SSSR count). The Morgan fingerprint density at radius 2 is 2.00 bits per heavy atom. The molecule has 0 fully saturated rings. The number of nitrogens with one attached hydrogen (secondary N) is 1. The van der Waals surface area contributed by atoms with E-state index in [-0.39, 0.29) is 4.90 Å². The molecule has 0 radical (unpaired) electrons. The summed E-state index contributed by atoms with van der Waals surface area (Å²) in [5.74, 6) is -1.84. The summed E-state index contributed by atoms with van der Waals surface area (Å²) in [5, 5.41) is 8.67. The van der Waals surface area contributed by atoms with Gasteiger partial charge in [-0.2, -0.15) is 0 Å². The minimum absolute atomic E-state index is 0.149. The number of methoxy groups -OCH3 is 1. The number of halogens is 1. The summed E-state index contributed by atoms with van der Waals surface area (Å²) in [6, 6.07) is 4.17. The third-order valence-electron chi connectivity index (χ3n) is 2.14. The lowest BCUT2D eigenvalue weighted by Crippen LogP contribution is -2.37. The Morgan fingerprint density at radius 3 is 2.44 bits per heavy atom. The molecule has 0 saturated heterocycles. The number of hydrogen-bond acceptors (Lipinski definition) is 4. The highest BCUT2D eigenvalue weighted by atomic mass is 32.2. The van der Waals surface area contributed by atoms with E-state index in [1.54, 1.807) is 0 Å². The van der Waals surface area contributed by atoms with Crippen molar-refractivity contribution in [3.8, 4) is 0 Å². The zero-order chi connectivity index (χ0) is 13.8. The van der Waals surface area contributed by atoms with Crippen molar-refractivity contribution in [1.29, 1.82) is 0 Å². The van der Waals surface area contributed by atoms with Crippen LogP contribution < -0.4 is 4.72 Å². The van der Waals surface area contributed by atoms with Gasteiger partial charge in [0.05, 0.1) is 4.90 Å². The number of sulfonamides is 1. The first-order valence-corrected chi connectivity index (χ1v) is 6.36. The first-order valence-electron chi connectivity index (χ1n) is 4.87. The third kappa shape index (κ3) is 3.76. The number of rotatable bonds is 6. The zero-order valence-corrected chi connectivity index (χ0v) is 10.3. The number of carboxylic acid groups (broad SMARTS) is 1. The summed E-state index contributed by atoms with van der Waals surface area (Å²) in [6.07, 6.45) is -1.28. The van der Waals surface area contributed by atoms with Crippen LogP contribution >= 0.6 is 0 Å². The molecular weight excluding hydrogens is 265 g/mol. The Balaban J connectivity index is 2.76. The van der Waals surface area contributed by atoms with Crippen molar-refractivity contribution in [2.45, 2.75) is 11.0 Å². The molecule has 1 aromatic rings. The summed E-state index contributed by atoms with van der Waals surface area (Å²) in [5.41, 5.74) is 0. The first-order chi connectivity index (χ1) is 8.36. The van der Waals surface area contributed by atoms with E-state index in [4.69, 9.17) is 5.11 Å². The van der Waals surface area contributed by atoms with E-state index >= 15 is 0 Å². The first kappa shape index (κ1) is 14.6. The van der Waals surface area contributed by atoms with Gasteiger partial charge in [0, 0.05) is 13.7 Å². The second-order valence-corrected chi connectivity index (χ2v) is 5.14. The fourth-order valence-corrected chi connectivity index (χ4v) is 2.19. The maximum absolute atomic E-state index is 12.6. The van der Waals surface area contributed by atoms with Crippen LogP contribution in [0.1, 0.15) is 0 Å². The Bertz CT molecular complexity index is 514. The summed E-state index contributed by atoms with van der Waals surface area (Å²) < 4.78 is 42.7. The van der Waals surface area contributed by atoms with Crippen molar-refractivity contribution in [2.24, 2.45) is 0 Å². The molecule has 6 nitrogen and oxygen atoms in total. The molecule has 0 spiro atoms. The molecule has 2 N–H and O–H groups in total. The molecule has 1 aromatic carbocycles. The second kappa shape index (κ2) is 5.89. The fraction of sp³-hybridized carbons (Fsp3) is 0.300. The number of aliphatic carboxylic acids is 1. The molecule has 0 aromatic heterocycles. The van der Waals surface area contributed by atoms with Crippen LogP contribution in [0, 0.1) is 5.82 Å². The van der Waals surface area contributed by atoms with Gasteiger partial charge in [0.1, 0.15) is 5.82 Å². The van der Waals surface area contributed by atoms with Gasteiger partial charge in [0.15, 0.2) is 6.10 Å². The molecule has 0 bridgehead atoms. The highest BCUT2D eigenvalue weighted by Gasteiger charge is 2.21. The van der Waals surface area contributed by atoms with Crippen LogP contribution in [0.5, 0.6) is 0 Å². The highest BCUT2D eigenvalue weighted by Crippen LogP contribution is 2.09. The quantitative estimate of drug-likeness (QED) is 0.775. The van der Waals surface area contributed by atoms with Crippen molar-refractivity contribution >= 4 is 16.0 Å². The maximum Gasteiger partial charge on any atom is 0.334 e. The predicted molar refractivity (Wildman–Crippen MR) is 60.0 cm³/mol. The van der Waals surface area contributed by atoms with E-state index in [9.17, 15) is 17.6 Å². The predicted octanol–water partition coefficient (Wildman–Crippen LogP) is 0.204. The lowest BCUT2D eigenvalue weighted by atomic mass is 10.4. The average molecular weight is 277 g/mol. The molecule has 0 heterocycles. The minimum Gasteiger partial charge on any atom is -0.479 e. The monoisotopic (exact) mass is 277 g/mol. The molecule has 0 aliphatic heterocycles. The SMILES string of the molecule is COC(CNS(=O)(=O)c1ccc(F)cc1)C(=O)O. The molecule has 18 heavy (non-hydrogen) atoms. The van der Waals surface area contributed by atoms with Crippen LogP contribution in [0.4, 0.5) is 4.39 Å². The van der Waals surface area contributed by atoms with Crippen LogP contribution in [0.2, 0.25) is 0 Å². The van der Waals surface area contributed by atoms with Gasteiger partial charge in [-0.25, -0.2) is 22.3 Å². The average Bonchev–Trinajstić information content (AvgIpc) is 2.29. The van der Waals surface area contributed by atoms with Crippen molar-refractivity contribution in [3.63, 3.8) is 0 Å². The summed E-state index contributed by atoms with van der Waals surface area (Å²) in [4.78, 5) is 10.5. The van der Waals surface area contributed by atoms with Gasteiger partial charge in [0.25, 0.3) is 0 Å². The van der Waals surface area contributed by atoms with E-state index in [0.717, 1.165) is 31.4 Å². The van der Waals surface area contributed by atoms with Gasteiger partial charge < -0.3 is 9.84 Å². The highest BCUT2D eigenvalue weighted by molar-refractivity contribution is 7.89. The number of benzene rings is 1. The van der Waals surface area contributed by atoms with E-state index in [0.29, 0.717) is 0 Å². The van der Waals surface area contributed by atoms with Crippen molar-refractivity contribution in [3.05, 3.63) is 30.1 Å². The van der Waals surface area contributed by atoms with Gasteiger partial charge in [-0.15, -0.1) is 0 Å². The number of carboxylic acids is 1. The molecule has 0 amide bonds. The fourth-order valence-electron chi connectivity index (χ4n) is 1.15. The number of hydrogen-bond donors (Lipinski definition) is 2. The van der Waals surface area contributed by atoms with Crippen molar-refractivity contribution in [1.82, 2.24) is 4.72 Å². The molecule has 8 heteroatoms. The Labute approximate surface area is 103 Å². The van der Waals surface area contributed by atoms with E-state index in [2.05, 4.69) is 9.46 Å². The molecule has 0 aliphatic carbocycles. The number of carbonyl (C=O) groups is 1. The van der Waals surface area contributed by atoms with Crippen LogP contribution in [0.3, 0.4) is 0 Å². The van der Waals surface area contributed by atoms with Gasteiger partial charge in [-0.3, -0.25) is 0 Å². The zero-order valence-electron chi connectivity index (χ0n) is 9.46. The smallest absolute Gasteiger partial charge is 0.334 e. The summed E-state index contributed by atoms with van der Waals surface area (Å²) in [7, 11) is -2.72. The molecular formula is C10H12FNO5S. The van der Waals surface area contributed by atoms with Crippen LogP contribution in [0.15, 0.2) is 29.2 Å². The van der Waals surface area contributed by atoms with Gasteiger partial charge >= 0.3 is 5.97 Å². The lowest BCUT2D eigenvalue weighted by Gasteiger charge is -2.11. The lowest BCUT2D eigenvalue weighted by molar-refractivity contribution is -0.147. The van der Waals surface area contributed by atoms with E-state index in [1.165, 1.54) is 0 Å². The standard InChI is InChI=1S/C10H12FNO5S/c1-17-9(10(13)14)6-12-18(15,16)8-4-2-7(11)3-5-8/h2-5,9,12H,6H2,1H3,(H,13,14). The van der Waals surface area contributed by atoms with Gasteiger partial charge in [-0.05, 0) is 24.3 Å².